The Morgan fingerprint density at radius 2 is 1.53 bits per heavy atom. The first-order valence-electron chi connectivity index (χ1n) is 6.33. The molecule has 0 aromatic rings. The minimum Gasteiger partial charge on any atom is -0.316 e. The molecule has 0 amide bonds. The van der Waals surface area contributed by atoms with Crippen LogP contribution in [0, 0.1) is 16.7 Å². The van der Waals surface area contributed by atoms with Crippen LogP contribution in [0.25, 0.3) is 0 Å². The molecule has 0 aliphatic rings. The van der Waals surface area contributed by atoms with E-state index in [4.69, 9.17) is 0 Å². The monoisotopic (exact) mass is 213 g/mol. The highest BCUT2D eigenvalue weighted by Gasteiger charge is 2.19. The van der Waals surface area contributed by atoms with E-state index in [1.54, 1.807) is 0 Å². The summed E-state index contributed by atoms with van der Waals surface area (Å²) in [5.41, 5.74) is 0.875. The van der Waals surface area contributed by atoms with Gasteiger partial charge in [0.15, 0.2) is 0 Å². The summed E-state index contributed by atoms with van der Waals surface area (Å²) in [5, 5.41) is 3.53. The second-order valence-electron chi connectivity index (χ2n) is 7.15. The van der Waals surface area contributed by atoms with Crippen LogP contribution >= 0.6 is 0 Å². The molecule has 0 saturated carbocycles. The van der Waals surface area contributed by atoms with Gasteiger partial charge in [-0.25, -0.2) is 0 Å². The fourth-order valence-electron chi connectivity index (χ4n) is 1.43. The summed E-state index contributed by atoms with van der Waals surface area (Å²) in [5.74, 6) is 0.814. The zero-order valence-electron chi connectivity index (χ0n) is 11.9. The summed E-state index contributed by atoms with van der Waals surface area (Å²) < 4.78 is 0. The molecule has 0 heterocycles. The quantitative estimate of drug-likeness (QED) is 0.678. The third-order valence-electron chi connectivity index (χ3n) is 3.12. The van der Waals surface area contributed by atoms with Crippen LogP contribution in [0.3, 0.4) is 0 Å². The minimum atomic E-state index is 0.412. The van der Waals surface area contributed by atoms with Gasteiger partial charge in [0.05, 0.1) is 0 Å². The Bertz CT molecular complexity index is 159. The van der Waals surface area contributed by atoms with Crippen molar-refractivity contribution in [1.82, 2.24) is 5.32 Å². The maximum absolute atomic E-state index is 3.53. The van der Waals surface area contributed by atoms with Crippen molar-refractivity contribution < 1.29 is 0 Å². The van der Waals surface area contributed by atoms with E-state index in [9.17, 15) is 0 Å². The van der Waals surface area contributed by atoms with Gasteiger partial charge in [-0.1, -0.05) is 48.5 Å². The van der Waals surface area contributed by atoms with Crippen molar-refractivity contribution >= 4 is 0 Å². The largest absolute Gasteiger partial charge is 0.316 e. The molecule has 15 heavy (non-hydrogen) atoms. The van der Waals surface area contributed by atoms with E-state index in [0.717, 1.165) is 19.0 Å². The fourth-order valence-corrected chi connectivity index (χ4v) is 1.43. The number of rotatable bonds is 5. The van der Waals surface area contributed by atoms with E-state index >= 15 is 0 Å². The lowest BCUT2D eigenvalue weighted by molar-refractivity contribution is 0.240. The van der Waals surface area contributed by atoms with Crippen molar-refractivity contribution in [1.29, 1.82) is 0 Å². The average Bonchev–Trinajstić information content (AvgIpc) is 1.99. The highest BCUT2D eigenvalue weighted by Crippen LogP contribution is 2.28. The zero-order chi connectivity index (χ0) is 12.1. The van der Waals surface area contributed by atoms with Crippen molar-refractivity contribution in [3.63, 3.8) is 0 Å². The molecular formula is C14H31N. The molecule has 1 heteroatoms. The lowest BCUT2D eigenvalue weighted by atomic mass is 9.79. The number of hydrogen-bond donors (Lipinski definition) is 1. The van der Waals surface area contributed by atoms with Crippen LogP contribution in [0.15, 0.2) is 0 Å². The zero-order valence-corrected chi connectivity index (χ0v) is 11.9. The maximum atomic E-state index is 3.53. The van der Waals surface area contributed by atoms with Gasteiger partial charge in [0.1, 0.15) is 0 Å². The Labute approximate surface area is 97.0 Å². The molecule has 1 N–H and O–H groups in total. The standard InChI is InChI=1S/C14H31N/c1-12(14(5,6)7)9-8-10-15-11-13(2,3)4/h12,15H,8-11H2,1-7H3/t12-/m0/s1. The van der Waals surface area contributed by atoms with Gasteiger partial charge in [-0.2, -0.15) is 0 Å². The summed E-state index contributed by atoms with van der Waals surface area (Å²) in [4.78, 5) is 0. The summed E-state index contributed by atoms with van der Waals surface area (Å²) in [7, 11) is 0. The molecular weight excluding hydrogens is 182 g/mol. The van der Waals surface area contributed by atoms with Crippen LogP contribution in [-0.2, 0) is 0 Å². The molecule has 0 unspecified atom stereocenters. The van der Waals surface area contributed by atoms with Gasteiger partial charge in [0, 0.05) is 0 Å². The Hall–Kier alpha value is -0.0400. The van der Waals surface area contributed by atoms with Gasteiger partial charge in [0.2, 0.25) is 0 Å². The van der Waals surface area contributed by atoms with Crippen LogP contribution in [0.1, 0.15) is 61.3 Å². The van der Waals surface area contributed by atoms with Crippen molar-refractivity contribution in [2.24, 2.45) is 16.7 Å². The molecule has 0 aromatic carbocycles. The van der Waals surface area contributed by atoms with Crippen molar-refractivity contribution in [2.75, 3.05) is 13.1 Å². The molecule has 0 spiro atoms. The van der Waals surface area contributed by atoms with Crippen molar-refractivity contribution in [3.8, 4) is 0 Å². The predicted octanol–water partition coefficient (Wildman–Crippen LogP) is 4.08. The van der Waals surface area contributed by atoms with Crippen LogP contribution in [0.5, 0.6) is 0 Å². The highest BCUT2D eigenvalue weighted by molar-refractivity contribution is 4.70. The van der Waals surface area contributed by atoms with Crippen LogP contribution in [0.4, 0.5) is 0 Å². The molecule has 1 atom stereocenters. The predicted molar refractivity (Wildman–Crippen MR) is 70.2 cm³/mol. The molecule has 0 radical (unpaired) electrons. The lowest BCUT2D eigenvalue weighted by Gasteiger charge is -2.27. The first-order chi connectivity index (χ1) is 6.63. The SMILES string of the molecule is C[C@@H](CCCNCC(C)(C)C)C(C)(C)C. The number of nitrogens with one attached hydrogen (secondary N) is 1. The molecule has 0 rings (SSSR count). The van der Waals surface area contributed by atoms with E-state index in [1.807, 2.05) is 0 Å². The van der Waals surface area contributed by atoms with E-state index in [2.05, 4.69) is 53.8 Å². The average molecular weight is 213 g/mol. The summed E-state index contributed by atoms with van der Waals surface area (Å²) >= 11 is 0. The van der Waals surface area contributed by atoms with Gasteiger partial charge in [-0.3, -0.25) is 0 Å². The van der Waals surface area contributed by atoms with Crippen molar-refractivity contribution in [3.05, 3.63) is 0 Å². The first-order valence-corrected chi connectivity index (χ1v) is 6.33. The van der Waals surface area contributed by atoms with Crippen LogP contribution < -0.4 is 5.32 Å². The van der Waals surface area contributed by atoms with Crippen molar-refractivity contribution in [2.45, 2.75) is 61.3 Å². The molecule has 0 aromatic heterocycles. The topological polar surface area (TPSA) is 12.0 Å². The fraction of sp³-hybridized carbons (Fsp3) is 1.00. The molecule has 1 nitrogen and oxygen atoms in total. The smallest absolute Gasteiger partial charge is 0.0000126 e. The van der Waals surface area contributed by atoms with Gasteiger partial charge in [0.25, 0.3) is 0 Å². The second kappa shape index (κ2) is 5.89. The van der Waals surface area contributed by atoms with Gasteiger partial charge in [-0.15, -0.1) is 0 Å². The highest BCUT2D eigenvalue weighted by atomic mass is 14.9. The van der Waals surface area contributed by atoms with Gasteiger partial charge < -0.3 is 5.32 Å². The Kier molecular flexibility index (Phi) is 5.87. The van der Waals surface area contributed by atoms with E-state index < -0.39 is 0 Å². The summed E-state index contributed by atoms with van der Waals surface area (Å²) in [6.07, 6.45) is 2.63. The van der Waals surface area contributed by atoms with Gasteiger partial charge >= 0.3 is 0 Å². The summed E-state index contributed by atoms with van der Waals surface area (Å²) in [6.45, 7) is 18.5. The molecule has 0 fully saturated rings. The van der Waals surface area contributed by atoms with E-state index in [0.29, 0.717) is 10.8 Å². The molecule has 0 saturated heterocycles. The molecule has 0 aliphatic heterocycles. The first kappa shape index (κ1) is 15.0. The van der Waals surface area contributed by atoms with Gasteiger partial charge in [-0.05, 0) is 42.7 Å². The molecule has 0 aliphatic carbocycles. The second-order valence-corrected chi connectivity index (χ2v) is 7.15. The molecule has 92 valence electrons. The Morgan fingerprint density at radius 1 is 1.00 bits per heavy atom. The van der Waals surface area contributed by atoms with E-state index in [-0.39, 0.29) is 0 Å². The van der Waals surface area contributed by atoms with E-state index in [1.165, 1.54) is 12.8 Å². The summed E-state index contributed by atoms with van der Waals surface area (Å²) in [6, 6.07) is 0. The lowest BCUT2D eigenvalue weighted by Crippen LogP contribution is -2.28. The molecule has 0 bridgehead atoms. The third-order valence-corrected chi connectivity index (χ3v) is 3.12. The normalized spacial score (nSPS) is 15.4. The Morgan fingerprint density at radius 3 is 1.93 bits per heavy atom. The number of hydrogen-bond acceptors (Lipinski definition) is 1. The third kappa shape index (κ3) is 8.92. The Balaban J connectivity index is 3.48. The minimum absolute atomic E-state index is 0.412. The maximum Gasteiger partial charge on any atom is -0.0000126 e. The van der Waals surface area contributed by atoms with Crippen LogP contribution in [0.2, 0.25) is 0 Å². The van der Waals surface area contributed by atoms with Crippen LogP contribution in [-0.4, -0.2) is 13.1 Å².